The summed E-state index contributed by atoms with van der Waals surface area (Å²) >= 11 is 0. The molecular weight excluding hydrogens is 354 g/mol. The second kappa shape index (κ2) is 9.92. The molecule has 1 aliphatic rings. The Morgan fingerprint density at radius 1 is 1.21 bits per heavy atom. The first-order valence-electron chi connectivity index (χ1n) is 10.1. The summed E-state index contributed by atoms with van der Waals surface area (Å²) in [5.74, 6) is 0.849. The maximum absolute atomic E-state index is 12.6. The molecule has 0 saturated carbocycles. The van der Waals surface area contributed by atoms with Crippen molar-refractivity contribution in [1.82, 2.24) is 15.1 Å². The van der Waals surface area contributed by atoms with Crippen LogP contribution in [0.25, 0.3) is 0 Å². The lowest BCUT2D eigenvalue weighted by atomic mass is 9.91. The molecule has 1 aromatic carbocycles. The monoisotopic (exact) mass is 389 g/mol. The van der Waals surface area contributed by atoms with Crippen LogP contribution in [0.15, 0.2) is 24.3 Å². The predicted octanol–water partition coefficient (Wildman–Crippen LogP) is 2.53. The maximum atomic E-state index is 12.6. The Hall–Kier alpha value is -2.08. The smallest absolute Gasteiger partial charge is 0.227 e. The third-order valence-electron chi connectivity index (χ3n) is 4.92. The number of carbonyl (C=O) groups excluding carboxylic acids is 2. The van der Waals surface area contributed by atoms with Crippen LogP contribution in [0.5, 0.6) is 5.75 Å². The maximum Gasteiger partial charge on any atom is 0.227 e. The van der Waals surface area contributed by atoms with E-state index in [2.05, 4.69) is 10.2 Å². The zero-order chi connectivity index (χ0) is 20.7. The van der Waals surface area contributed by atoms with E-state index in [1.54, 1.807) is 0 Å². The number of piperidine rings is 1. The summed E-state index contributed by atoms with van der Waals surface area (Å²) in [5, 5.41) is 3.02. The average molecular weight is 390 g/mol. The van der Waals surface area contributed by atoms with Gasteiger partial charge in [-0.15, -0.1) is 0 Å². The Morgan fingerprint density at radius 2 is 1.89 bits per heavy atom. The van der Waals surface area contributed by atoms with Crippen LogP contribution in [-0.4, -0.2) is 62.0 Å². The first kappa shape index (κ1) is 22.2. The fraction of sp³-hybridized carbons (Fsp3) is 0.636. The van der Waals surface area contributed by atoms with Gasteiger partial charge in [0, 0.05) is 31.6 Å². The van der Waals surface area contributed by atoms with E-state index in [1.807, 2.05) is 64.0 Å². The van der Waals surface area contributed by atoms with E-state index < -0.39 is 5.41 Å². The fourth-order valence-corrected chi connectivity index (χ4v) is 3.23. The molecule has 1 unspecified atom stereocenters. The van der Waals surface area contributed by atoms with E-state index in [1.165, 1.54) is 0 Å². The van der Waals surface area contributed by atoms with Gasteiger partial charge >= 0.3 is 0 Å². The van der Waals surface area contributed by atoms with Crippen LogP contribution >= 0.6 is 0 Å². The third-order valence-corrected chi connectivity index (χ3v) is 4.92. The molecule has 1 aromatic rings. The number of benzene rings is 1. The van der Waals surface area contributed by atoms with E-state index in [-0.39, 0.29) is 17.7 Å². The zero-order valence-electron chi connectivity index (χ0n) is 18.0. The molecule has 0 spiro atoms. The van der Waals surface area contributed by atoms with E-state index in [9.17, 15) is 9.59 Å². The molecule has 28 heavy (non-hydrogen) atoms. The van der Waals surface area contributed by atoms with E-state index in [0.717, 1.165) is 37.2 Å². The SMILES string of the molecule is CN(C)CCOc1ccc(CNC(=O)C2CCCN(C(=O)C(C)(C)C)C2)cc1. The molecule has 0 aromatic heterocycles. The van der Waals surface area contributed by atoms with Gasteiger partial charge in [0.15, 0.2) is 0 Å². The molecule has 1 N–H and O–H groups in total. The lowest BCUT2D eigenvalue weighted by Gasteiger charge is -2.35. The summed E-state index contributed by atoms with van der Waals surface area (Å²) in [6.07, 6.45) is 1.71. The number of nitrogens with zero attached hydrogens (tertiary/aromatic N) is 2. The predicted molar refractivity (Wildman–Crippen MR) is 111 cm³/mol. The number of amides is 2. The Balaban J connectivity index is 1.80. The first-order chi connectivity index (χ1) is 13.2. The Morgan fingerprint density at radius 3 is 2.50 bits per heavy atom. The third kappa shape index (κ3) is 6.82. The summed E-state index contributed by atoms with van der Waals surface area (Å²) in [4.78, 5) is 29.0. The van der Waals surface area contributed by atoms with E-state index >= 15 is 0 Å². The van der Waals surface area contributed by atoms with Crippen molar-refractivity contribution in [3.05, 3.63) is 29.8 Å². The van der Waals surface area contributed by atoms with Crippen molar-refractivity contribution >= 4 is 11.8 Å². The lowest BCUT2D eigenvalue weighted by molar-refractivity contribution is -0.142. The van der Waals surface area contributed by atoms with Crippen molar-refractivity contribution in [2.75, 3.05) is 40.3 Å². The molecule has 6 nitrogen and oxygen atoms in total. The largest absolute Gasteiger partial charge is 0.492 e. The quantitative estimate of drug-likeness (QED) is 0.778. The van der Waals surface area contributed by atoms with E-state index in [4.69, 9.17) is 4.74 Å². The number of likely N-dealkylation sites (N-methyl/N-ethyl adjacent to an activating group) is 1. The number of rotatable bonds is 7. The highest BCUT2D eigenvalue weighted by Crippen LogP contribution is 2.23. The van der Waals surface area contributed by atoms with Crippen molar-refractivity contribution in [1.29, 1.82) is 0 Å². The topological polar surface area (TPSA) is 61.9 Å². The van der Waals surface area contributed by atoms with Gasteiger partial charge in [-0.25, -0.2) is 0 Å². The Bertz CT molecular complexity index is 650. The minimum atomic E-state index is -0.408. The molecule has 0 radical (unpaired) electrons. The van der Waals surface area contributed by atoms with Crippen LogP contribution in [0.4, 0.5) is 0 Å². The Labute approximate surface area is 169 Å². The lowest BCUT2D eigenvalue weighted by Crippen LogP contribution is -2.48. The second-order valence-corrected chi connectivity index (χ2v) is 8.85. The molecule has 156 valence electrons. The van der Waals surface area contributed by atoms with Gasteiger partial charge in [0.2, 0.25) is 11.8 Å². The fourth-order valence-electron chi connectivity index (χ4n) is 3.23. The minimum absolute atomic E-state index is 0.0257. The van der Waals surface area contributed by atoms with Gasteiger partial charge in [-0.3, -0.25) is 9.59 Å². The van der Waals surface area contributed by atoms with Gasteiger partial charge in [-0.05, 0) is 44.6 Å². The number of nitrogens with one attached hydrogen (secondary N) is 1. The van der Waals surface area contributed by atoms with Crippen molar-refractivity contribution in [3.63, 3.8) is 0 Å². The van der Waals surface area contributed by atoms with Gasteiger partial charge < -0.3 is 19.9 Å². The highest BCUT2D eigenvalue weighted by Gasteiger charge is 2.33. The van der Waals surface area contributed by atoms with Crippen molar-refractivity contribution in [2.24, 2.45) is 11.3 Å². The van der Waals surface area contributed by atoms with Crippen LogP contribution < -0.4 is 10.1 Å². The minimum Gasteiger partial charge on any atom is -0.492 e. The molecule has 1 fully saturated rings. The van der Waals surface area contributed by atoms with Crippen LogP contribution in [0.2, 0.25) is 0 Å². The Kier molecular flexibility index (Phi) is 7.87. The first-order valence-corrected chi connectivity index (χ1v) is 10.1. The highest BCUT2D eigenvalue weighted by molar-refractivity contribution is 5.83. The van der Waals surface area contributed by atoms with Crippen LogP contribution in [0.1, 0.15) is 39.2 Å². The standard InChI is InChI=1S/C22H35N3O3/c1-22(2,3)21(27)25-12-6-7-18(16-25)20(26)23-15-17-8-10-19(11-9-17)28-14-13-24(4)5/h8-11,18H,6-7,12-16H2,1-5H3,(H,23,26). The average Bonchev–Trinajstić information content (AvgIpc) is 2.65. The summed E-state index contributed by atoms with van der Waals surface area (Å²) in [5.41, 5.74) is 0.626. The molecule has 1 aliphatic heterocycles. The summed E-state index contributed by atoms with van der Waals surface area (Å²) in [7, 11) is 4.03. The van der Waals surface area contributed by atoms with Crippen LogP contribution in [-0.2, 0) is 16.1 Å². The van der Waals surface area contributed by atoms with Crippen molar-refractivity contribution in [3.8, 4) is 5.75 Å². The normalized spacial score (nSPS) is 17.5. The number of hydrogen-bond acceptors (Lipinski definition) is 4. The molecular formula is C22H35N3O3. The van der Waals surface area contributed by atoms with Gasteiger partial charge in [0.25, 0.3) is 0 Å². The van der Waals surface area contributed by atoms with Crippen LogP contribution in [0.3, 0.4) is 0 Å². The summed E-state index contributed by atoms with van der Waals surface area (Å²) < 4.78 is 5.69. The highest BCUT2D eigenvalue weighted by atomic mass is 16.5. The van der Waals surface area contributed by atoms with Gasteiger partial charge in [0.1, 0.15) is 12.4 Å². The van der Waals surface area contributed by atoms with Gasteiger partial charge in [-0.1, -0.05) is 32.9 Å². The summed E-state index contributed by atoms with van der Waals surface area (Å²) in [6, 6.07) is 7.81. The number of ether oxygens (including phenoxy) is 1. The second-order valence-electron chi connectivity index (χ2n) is 8.85. The summed E-state index contributed by atoms with van der Waals surface area (Å²) in [6.45, 7) is 9.03. The molecule has 0 bridgehead atoms. The van der Waals surface area contributed by atoms with Crippen molar-refractivity contribution in [2.45, 2.75) is 40.2 Å². The van der Waals surface area contributed by atoms with E-state index in [0.29, 0.717) is 19.7 Å². The van der Waals surface area contributed by atoms with Gasteiger partial charge in [0.05, 0.1) is 5.92 Å². The zero-order valence-corrected chi connectivity index (χ0v) is 18.0. The molecule has 2 rings (SSSR count). The number of likely N-dealkylation sites (tertiary alicyclic amines) is 1. The molecule has 1 heterocycles. The van der Waals surface area contributed by atoms with Gasteiger partial charge in [-0.2, -0.15) is 0 Å². The molecule has 0 aliphatic carbocycles. The van der Waals surface area contributed by atoms with Crippen LogP contribution in [0, 0.1) is 11.3 Å². The molecule has 2 amide bonds. The number of carbonyl (C=O) groups is 2. The van der Waals surface area contributed by atoms with Crippen molar-refractivity contribution < 1.29 is 14.3 Å². The number of hydrogen-bond donors (Lipinski definition) is 1. The molecule has 1 saturated heterocycles. The molecule has 6 heteroatoms. The molecule has 1 atom stereocenters.